The van der Waals surface area contributed by atoms with Gasteiger partial charge in [0.1, 0.15) is 6.61 Å². The molecule has 1 atom stereocenters. The molecule has 2 aliphatic heterocycles. The van der Waals surface area contributed by atoms with Crippen LogP contribution in [0.2, 0.25) is 0 Å². The summed E-state index contributed by atoms with van der Waals surface area (Å²) in [5.41, 5.74) is 2.12. The molecule has 0 aliphatic carbocycles. The fourth-order valence-electron chi connectivity index (χ4n) is 4.15. The molecule has 9 nitrogen and oxygen atoms in total. The number of thioether (sulfide) groups is 1. The number of carbonyl (C=O) groups is 1. The molecule has 5 rings (SSSR count). The molecule has 0 N–H and O–H groups in total. The predicted molar refractivity (Wildman–Crippen MR) is 134 cm³/mol. The van der Waals surface area contributed by atoms with Gasteiger partial charge in [0.15, 0.2) is 22.8 Å². The van der Waals surface area contributed by atoms with Crippen LogP contribution in [0.15, 0.2) is 53.7 Å². The Morgan fingerprint density at radius 2 is 1.83 bits per heavy atom. The normalized spacial score (nSPS) is 17.3. The lowest BCUT2D eigenvalue weighted by Gasteiger charge is -2.29. The van der Waals surface area contributed by atoms with E-state index in [-0.39, 0.29) is 17.8 Å². The van der Waals surface area contributed by atoms with E-state index in [9.17, 15) is 4.79 Å². The second kappa shape index (κ2) is 10.6. The fourth-order valence-corrected chi connectivity index (χ4v) is 5.03. The van der Waals surface area contributed by atoms with Gasteiger partial charge in [-0.1, -0.05) is 42.1 Å². The van der Waals surface area contributed by atoms with Crippen LogP contribution in [0.25, 0.3) is 5.69 Å². The van der Waals surface area contributed by atoms with E-state index in [1.165, 1.54) is 11.8 Å². The number of aromatic nitrogens is 3. The Bertz CT molecular complexity index is 1180. The van der Waals surface area contributed by atoms with E-state index >= 15 is 0 Å². The van der Waals surface area contributed by atoms with Crippen molar-refractivity contribution in [3.63, 3.8) is 0 Å². The average Bonchev–Trinajstić information content (AvgIpc) is 3.31. The number of aryl methyl sites for hydroxylation is 1. The van der Waals surface area contributed by atoms with Gasteiger partial charge >= 0.3 is 0 Å². The molecular weight excluding hydrogens is 466 g/mol. The van der Waals surface area contributed by atoms with Crippen LogP contribution in [-0.4, -0.2) is 83.9 Å². The summed E-state index contributed by atoms with van der Waals surface area (Å²) in [7, 11) is 1.79. The van der Waals surface area contributed by atoms with Gasteiger partial charge in [-0.05, 0) is 30.7 Å². The van der Waals surface area contributed by atoms with Crippen molar-refractivity contribution in [1.82, 2.24) is 19.7 Å². The largest absolute Gasteiger partial charge is 0.486 e. The van der Waals surface area contributed by atoms with E-state index in [1.807, 2.05) is 41.0 Å². The average molecular weight is 496 g/mol. The first-order valence-corrected chi connectivity index (χ1v) is 12.7. The van der Waals surface area contributed by atoms with Gasteiger partial charge in [0.2, 0.25) is 11.9 Å². The van der Waals surface area contributed by atoms with Gasteiger partial charge in [-0.3, -0.25) is 9.36 Å². The smallest absolute Gasteiger partial charge is 0.232 e. The number of likely N-dealkylation sites (N-methyl/N-ethyl adjacent to an activating group) is 1. The summed E-state index contributed by atoms with van der Waals surface area (Å²) >= 11 is 1.39. The van der Waals surface area contributed by atoms with Crippen LogP contribution in [0.4, 0.5) is 5.95 Å². The molecule has 2 aromatic carbocycles. The summed E-state index contributed by atoms with van der Waals surface area (Å²) in [5.74, 6) is 2.45. The lowest BCUT2D eigenvalue weighted by atomic mass is 10.2. The summed E-state index contributed by atoms with van der Waals surface area (Å²) in [6.07, 6.45) is -0.215. The van der Waals surface area contributed by atoms with Gasteiger partial charge in [0, 0.05) is 20.1 Å². The molecule has 0 radical (unpaired) electrons. The van der Waals surface area contributed by atoms with Gasteiger partial charge in [0.25, 0.3) is 0 Å². The summed E-state index contributed by atoms with van der Waals surface area (Å²) in [6, 6.07) is 15.7. The number of hydrogen-bond acceptors (Lipinski definition) is 8. The highest BCUT2D eigenvalue weighted by molar-refractivity contribution is 7.99. The number of nitrogens with zero attached hydrogens (tertiary/aromatic N) is 5. The number of para-hydroxylation sites is 3. The predicted octanol–water partition coefficient (Wildman–Crippen LogP) is 2.80. The Balaban J connectivity index is 1.27. The molecule has 2 aliphatic rings. The third-order valence-electron chi connectivity index (χ3n) is 6.06. The standard InChI is InChI=1S/C25H29N5O4S/c1-18-7-3-4-8-20(18)30-24(29-11-13-32-14-12-29)26-27-25(30)35-17-23(31)28(2)15-19-16-33-21-9-5-6-10-22(21)34-19/h3-10,19H,11-17H2,1-2H3/t19-/m1/s1. The molecule has 3 aromatic rings. The number of carbonyl (C=O) groups excluding carboxylic acids is 1. The third-order valence-corrected chi connectivity index (χ3v) is 6.98. The van der Waals surface area contributed by atoms with Crippen molar-refractivity contribution in [3.8, 4) is 17.2 Å². The molecule has 1 amide bonds. The van der Waals surface area contributed by atoms with Crippen molar-refractivity contribution < 1.29 is 19.0 Å². The number of amides is 1. The first-order chi connectivity index (χ1) is 17.1. The highest BCUT2D eigenvalue weighted by atomic mass is 32.2. The Kier molecular flexibility index (Phi) is 7.10. The Morgan fingerprint density at radius 1 is 1.09 bits per heavy atom. The van der Waals surface area contributed by atoms with E-state index in [0.29, 0.717) is 37.3 Å². The first kappa shape index (κ1) is 23.5. The molecule has 184 valence electrons. The minimum absolute atomic E-state index is 0.00952. The van der Waals surface area contributed by atoms with E-state index in [0.717, 1.165) is 36.0 Å². The number of morpholine rings is 1. The lowest BCUT2D eigenvalue weighted by Crippen LogP contribution is -2.42. The van der Waals surface area contributed by atoms with Crippen LogP contribution in [0.3, 0.4) is 0 Å². The van der Waals surface area contributed by atoms with Gasteiger partial charge in [-0.15, -0.1) is 10.2 Å². The van der Waals surface area contributed by atoms with Crippen molar-refractivity contribution in [3.05, 3.63) is 54.1 Å². The quantitative estimate of drug-likeness (QED) is 0.463. The minimum atomic E-state index is -0.215. The summed E-state index contributed by atoms with van der Waals surface area (Å²) in [5, 5.41) is 9.64. The molecule has 0 spiro atoms. The van der Waals surface area contributed by atoms with Crippen LogP contribution >= 0.6 is 11.8 Å². The highest BCUT2D eigenvalue weighted by Crippen LogP contribution is 2.31. The van der Waals surface area contributed by atoms with Crippen molar-refractivity contribution in [2.45, 2.75) is 18.2 Å². The number of fused-ring (bicyclic) bond motifs is 1. The summed E-state index contributed by atoms with van der Waals surface area (Å²) in [6.45, 7) is 5.74. The van der Waals surface area contributed by atoms with E-state index < -0.39 is 0 Å². The van der Waals surface area contributed by atoms with Gasteiger partial charge in [-0.25, -0.2) is 0 Å². The first-order valence-electron chi connectivity index (χ1n) is 11.7. The maximum absolute atomic E-state index is 13.0. The van der Waals surface area contributed by atoms with E-state index in [1.54, 1.807) is 11.9 Å². The zero-order valence-electron chi connectivity index (χ0n) is 19.9. The molecule has 3 heterocycles. The fraction of sp³-hybridized carbons (Fsp3) is 0.400. The summed E-state index contributed by atoms with van der Waals surface area (Å²) < 4.78 is 19.3. The molecule has 0 bridgehead atoms. The van der Waals surface area contributed by atoms with Crippen molar-refractivity contribution in [1.29, 1.82) is 0 Å². The SMILES string of the molecule is Cc1ccccc1-n1c(SCC(=O)N(C)C[C@@H]2COc3ccccc3O2)nnc1N1CCOCC1. The van der Waals surface area contributed by atoms with Gasteiger partial charge < -0.3 is 24.0 Å². The van der Waals surface area contributed by atoms with Crippen molar-refractivity contribution in [2.75, 3.05) is 57.2 Å². The summed E-state index contributed by atoms with van der Waals surface area (Å²) in [4.78, 5) is 16.8. The van der Waals surface area contributed by atoms with E-state index in [2.05, 4.69) is 34.2 Å². The number of anilines is 1. The highest BCUT2D eigenvalue weighted by Gasteiger charge is 2.26. The number of ether oxygens (including phenoxy) is 3. The molecule has 1 aromatic heterocycles. The Labute approximate surface area is 209 Å². The molecular formula is C25H29N5O4S. The number of benzene rings is 2. The molecule has 1 saturated heterocycles. The van der Waals surface area contributed by atoms with Crippen LogP contribution in [-0.2, 0) is 9.53 Å². The van der Waals surface area contributed by atoms with Gasteiger partial charge in [0.05, 0.1) is 31.2 Å². The number of hydrogen-bond donors (Lipinski definition) is 0. The Hall–Kier alpha value is -3.24. The maximum Gasteiger partial charge on any atom is 0.232 e. The second-order valence-electron chi connectivity index (χ2n) is 8.56. The second-order valence-corrected chi connectivity index (χ2v) is 9.51. The lowest BCUT2D eigenvalue weighted by molar-refractivity contribution is -0.128. The van der Waals surface area contributed by atoms with E-state index in [4.69, 9.17) is 14.2 Å². The Morgan fingerprint density at radius 3 is 2.63 bits per heavy atom. The van der Waals surface area contributed by atoms with Crippen LogP contribution in [0.1, 0.15) is 5.56 Å². The van der Waals surface area contributed by atoms with Gasteiger partial charge in [-0.2, -0.15) is 0 Å². The molecule has 1 fully saturated rings. The zero-order chi connectivity index (χ0) is 24.2. The van der Waals surface area contributed by atoms with Crippen LogP contribution < -0.4 is 14.4 Å². The zero-order valence-corrected chi connectivity index (χ0v) is 20.7. The van der Waals surface area contributed by atoms with Crippen LogP contribution in [0, 0.1) is 6.92 Å². The maximum atomic E-state index is 13.0. The van der Waals surface area contributed by atoms with Crippen LogP contribution in [0.5, 0.6) is 11.5 Å². The molecule has 10 heteroatoms. The molecule has 0 unspecified atom stereocenters. The monoisotopic (exact) mass is 495 g/mol. The minimum Gasteiger partial charge on any atom is -0.486 e. The number of rotatable bonds is 7. The third kappa shape index (κ3) is 5.23. The molecule has 35 heavy (non-hydrogen) atoms. The topological polar surface area (TPSA) is 82.0 Å². The van der Waals surface area contributed by atoms with Crippen molar-refractivity contribution >= 4 is 23.6 Å². The van der Waals surface area contributed by atoms with Crippen molar-refractivity contribution in [2.24, 2.45) is 0 Å². The molecule has 0 saturated carbocycles.